The van der Waals surface area contributed by atoms with Gasteiger partial charge in [-0.2, -0.15) is 0 Å². The van der Waals surface area contributed by atoms with Gasteiger partial charge in [0.15, 0.2) is 6.10 Å². The highest BCUT2D eigenvalue weighted by Crippen LogP contribution is 2.16. The van der Waals surface area contributed by atoms with Gasteiger partial charge >= 0.3 is 0 Å². The number of ketones is 1. The van der Waals surface area contributed by atoms with Gasteiger partial charge in [-0.1, -0.05) is 0 Å². The molecule has 0 aromatic carbocycles. The average molecular weight is 144 g/mol. The molecule has 10 heavy (non-hydrogen) atoms. The normalized spacial score (nSPS) is 29.9. The van der Waals surface area contributed by atoms with Crippen LogP contribution in [0.2, 0.25) is 0 Å². The van der Waals surface area contributed by atoms with E-state index in [-0.39, 0.29) is 0 Å². The zero-order valence-electron chi connectivity index (χ0n) is 5.44. The number of carbonyl (C=O) groups is 1. The number of aliphatic hydroxyl groups is 2. The Labute approximate surface area is 57.7 Å². The van der Waals surface area contributed by atoms with Crippen molar-refractivity contribution in [2.24, 2.45) is 0 Å². The number of hydrogen-bond donors (Lipinski definition) is 2. The molecule has 1 atom stereocenters. The van der Waals surface area contributed by atoms with Crippen LogP contribution in [0.4, 0.5) is 0 Å². The van der Waals surface area contributed by atoms with Gasteiger partial charge in [-0.3, -0.25) is 4.79 Å². The topological polar surface area (TPSA) is 66.8 Å². The SMILES string of the molecule is CC1OC=CC(=O)C1(O)O. The Balaban J connectivity index is 2.89. The molecule has 0 aromatic rings. The first-order valence-corrected chi connectivity index (χ1v) is 2.86. The second-order valence-electron chi connectivity index (χ2n) is 2.17. The molecule has 1 aliphatic rings. The molecule has 0 saturated carbocycles. The van der Waals surface area contributed by atoms with Crippen LogP contribution in [0.25, 0.3) is 0 Å². The molecule has 1 aliphatic heterocycles. The van der Waals surface area contributed by atoms with Gasteiger partial charge in [0.2, 0.25) is 5.78 Å². The van der Waals surface area contributed by atoms with Gasteiger partial charge in [-0.05, 0) is 6.92 Å². The van der Waals surface area contributed by atoms with Crippen molar-refractivity contribution < 1.29 is 19.7 Å². The van der Waals surface area contributed by atoms with E-state index in [1.54, 1.807) is 0 Å². The summed E-state index contributed by atoms with van der Waals surface area (Å²) in [5.41, 5.74) is 0. The van der Waals surface area contributed by atoms with Gasteiger partial charge in [0.05, 0.1) is 6.26 Å². The van der Waals surface area contributed by atoms with E-state index < -0.39 is 17.7 Å². The van der Waals surface area contributed by atoms with E-state index in [9.17, 15) is 4.79 Å². The van der Waals surface area contributed by atoms with Crippen LogP contribution in [0.5, 0.6) is 0 Å². The maximum absolute atomic E-state index is 10.7. The van der Waals surface area contributed by atoms with Crippen molar-refractivity contribution >= 4 is 5.78 Å². The smallest absolute Gasteiger partial charge is 0.266 e. The van der Waals surface area contributed by atoms with Gasteiger partial charge < -0.3 is 14.9 Å². The highest BCUT2D eigenvalue weighted by molar-refractivity contribution is 5.96. The third-order valence-electron chi connectivity index (χ3n) is 1.43. The highest BCUT2D eigenvalue weighted by Gasteiger charge is 2.41. The summed E-state index contributed by atoms with van der Waals surface area (Å²) in [6.45, 7) is 1.40. The van der Waals surface area contributed by atoms with Crippen LogP contribution in [0.1, 0.15) is 6.92 Å². The van der Waals surface area contributed by atoms with E-state index in [4.69, 9.17) is 10.2 Å². The summed E-state index contributed by atoms with van der Waals surface area (Å²) < 4.78 is 4.66. The zero-order valence-corrected chi connectivity index (χ0v) is 5.44. The molecule has 0 saturated heterocycles. The third kappa shape index (κ3) is 0.913. The lowest BCUT2D eigenvalue weighted by Gasteiger charge is -2.27. The molecule has 0 aliphatic carbocycles. The minimum absolute atomic E-state index is 0.744. The Hall–Kier alpha value is -0.870. The Kier molecular flexibility index (Phi) is 1.50. The van der Waals surface area contributed by atoms with Gasteiger partial charge in [-0.25, -0.2) is 0 Å². The largest absolute Gasteiger partial charge is 0.492 e. The monoisotopic (exact) mass is 144 g/mol. The molecule has 0 amide bonds. The molecule has 1 heterocycles. The molecular weight excluding hydrogens is 136 g/mol. The number of carbonyl (C=O) groups excluding carboxylic acids is 1. The summed E-state index contributed by atoms with van der Waals surface area (Å²) in [5.74, 6) is -3.10. The molecule has 1 unspecified atom stereocenters. The van der Waals surface area contributed by atoms with Crippen LogP contribution < -0.4 is 0 Å². The lowest BCUT2D eigenvalue weighted by molar-refractivity contribution is -0.217. The van der Waals surface area contributed by atoms with Crippen molar-refractivity contribution in [2.45, 2.75) is 18.8 Å². The molecule has 0 radical (unpaired) electrons. The van der Waals surface area contributed by atoms with Gasteiger partial charge in [0.25, 0.3) is 5.79 Å². The maximum atomic E-state index is 10.7. The first-order valence-electron chi connectivity index (χ1n) is 2.86. The number of hydrogen-bond acceptors (Lipinski definition) is 4. The summed E-state index contributed by atoms with van der Waals surface area (Å²) in [4.78, 5) is 10.7. The van der Waals surface area contributed by atoms with Crippen molar-refractivity contribution in [3.05, 3.63) is 12.3 Å². The van der Waals surface area contributed by atoms with Crippen molar-refractivity contribution in [1.82, 2.24) is 0 Å². The molecule has 4 nitrogen and oxygen atoms in total. The molecule has 1 rings (SSSR count). The summed E-state index contributed by atoms with van der Waals surface area (Å²) in [6.07, 6.45) is 1.24. The van der Waals surface area contributed by atoms with Crippen LogP contribution in [-0.2, 0) is 9.53 Å². The maximum Gasteiger partial charge on any atom is 0.266 e. The fourth-order valence-electron chi connectivity index (χ4n) is 0.637. The molecule has 0 fully saturated rings. The van der Waals surface area contributed by atoms with Crippen LogP contribution in [0, 0.1) is 0 Å². The zero-order chi connectivity index (χ0) is 7.78. The fourth-order valence-corrected chi connectivity index (χ4v) is 0.637. The van der Waals surface area contributed by atoms with E-state index >= 15 is 0 Å². The standard InChI is InChI=1S/C6H8O4/c1-4-6(8,9)5(7)2-3-10-4/h2-4,8-9H,1H3. The van der Waals surface area contributed by atoms with E-state index in [1.165, 1.54) is 6.92 Å². The quantitative estimate of drug-likeness (QED) is 0.435. The summed E-state index contributed by atoms with van der Waals surface area (Å²) >= 11 is 0. The van der Waals surface area contributed by atoms with Crippen molar-refractivity contribution in [1.29, 1.82) is 0 Å². The van der Waals surface area contributed by atoms with E-state index in [0.717, 1.165) is 12.3 Å². The predicted octanol–water partition coefficient (Wildman–Crippen LogP) is -0.831. The van der Waals surface area contributed by atoms with Crippen LogP contribution in [0.15, 0.2) is 12.3 Å². The highest BCUT2D eigenvalue weighted by atomic mass is 16.6. The lowest BCUT2D eigenvalue weighted by atomic mass is 10.1. The van der Waals surface area contributed by atoms with Crippen LogP contribution >= 0.6 is 0 Å². The molecule has 0 spiro atoms. The van der Waals surface area contributed by atoms with Crippen LogP contribution in [-0.4, -0.2) is 27.9 Å². The average Bonchev–Trinajstić information content (AvgIpc) is 1.84. The predicted molar refractivity (Wildman–Crippen MR) is 31.9 cm³/mol. The third-order valence-corrected chi connectivity index (χ3v) is 1.43. The summed E-state index contributed by atoms with van der Waals surface area (Å²) in [5, 5.41) is 17.9. The molecule has 2 N–H and O–H groups in total. The van der Waals surface area contributed by atoms with Crippen molar-refractivity contribution in [3.8, 4) is 0 Å². The Bertz CT molecular complexity index is 182. The number of ether oxygens (including phenoxy) is 1. The molecule has 56 valence electrons. The lowest BCUT2D eigenvalue weighted by Crippen LogP contribution is -2.49. The van der Waals surface area contributed by atoms with E-state index in [1.807, 2.05) is 0 Å². The van der Waals surface area contributed by atoms with E-state index in [2.05, 4.69) is 4.74 Å². The van der Waals surface area contributed by atoms with Crippen molar-refractivity contribution in [3.63, 3.8) is 0 Å². The first-order chi connectivity index (χ1) is 4.55. The van der Waals surface area contributed by atoms with Gasteiger partial charge in [0, 0.05) is 6.08 Å². The van der Waals surface area contributed by atoms with Crippen molar-refractivity contribution in [2.75, 3.05) is 0 Å². The summed E-state index contributed by atoms with van der Waals surface area (Å²) in [7, 11) is 0. The Morgan fingerprint density at radius 3 is 2.70 bits per heavy atom. The second kappa shape index (κ2) is 2.07. The molecule has 0 aromatic heterocycles. The van der Waals surface area contributed by atoms with Crippen LogP contribution in [0.3, 0.4) is 0 Å². The first kappa shape index (κ1) is 7.24. The molecule has 4 heteroatoms. The fraction of sp³-hybridized carbons (Fsp3) is 0.500. The molecular formula is C6H8O4. The second-order valence-corrected chi connectivity index (χ2v) is 2.17. The Morgan fingerprint density at radius 2 is 2.30 bits per heavy atom. The molecule has 0 bridgehead atoms. The number of rotatable bonds is 0. The van der Waals surface area contributed by atoms with Gasteiger partial charge in [0.1, 0.15) is 0 Å². The van der Waals surface area contributed by atoms with E-state index in [0.29, 0.717) is 0 Å². The minimum atomic E-state index is -2.35. The Morgan fingerprint density at radius 1 is 1.70 bits per heavy atom. The minimum Gasteiger partial charge on any atom is -0.492 e. The van der Waals surface area contributed by atoms with Gasteiger partial charge in [-0.15, -0.1) is 0 Å². The summed E-state index contributed by atoms with van der Waals surface area (Å²) in [6, 6.07) is 0.